The van der Waals surface area contributed by atoms with Gasteiger partial charge in [-0.15, -0.1) is 0 Å². The van der Waals surface area contributed by atoms with Crippen molar-refractivity contribution in [1.82, 2.24) is 5.32 Å². The number of carbonyl (C=O) groups excluding carboxylic acids is 1. The quantitative estimate of drug-likeness (QED) is 0.876. The summed E-state index contributed by atoms with van der Waals surface area (Å²) < 4.78 is 13.2. The summed E-state index contributed by atoms with van der Waals surface area (Å²) in [6, 6.07) is 4.28. The fraction of sp³-hybridized carbons (Fsp3) is 0.562. The summed E-state index contributed by atoms with van der Waals surface area (Å²) in [7, 11) is 0. The lowest BCUT2D eigenvalue weighted by Gasteiger charge is -2.33. The van der Waals surface area contributed by atoms with Gasteiger partial charge in [-0.25, -0.2) is 4.39 Å². The molecule has 0 aliphatic carbocycles. The van der Waals surface area contributed by atoms with Gasteiger partial charge in [0.15, 0.2) is 0 Å². The van der Waals surface area contributed by atoms with Gasteiger partial charge in [0.25, 0.3) is 5.91 Å². The Morgan fingerprint density at radius 1 is 1.21 bits per heavy atom. The average Bonchev–Trinajstić information content (AvgIpc) is 2.16. The lowest BCUT2D eigenvalue weighted by molar-refractivity contribution is 0.0890. The van der Waals surface area contributed by atoms with E-state index in [4.69, 9.17) is 0 Å². The van der Waals surface area contributed by atoms with Crippen LogP contribution in [0.15, 0.2) is 18.2 Å². The molecule has 0 aliphatic rings. The number of rotatable bonds is 3. The van der Waals surface area contributed by atoms with Crippen LogP contribution in [0.4, 0.5) is 4.39 Å². The first kappa shape index (κ1) is 15.7. The fourth-order valence-corrected chi connectivity index (χ4v) is 2.58. The molecule has 1 aromatic carbocycles. The number of amides is 1. The van der Waals surface area contributed by atoms with E-state index in [1.165, 1.54) is 12.1 Å². The highest BCUT2D eigenvalue weighted by Gasteiger charge is 2.27. The minimum absolute atomic E-state index is 0.119. The van der Waals surface area contributed by atoms with Crippen molar-refractivity contribution in [2.24, 2.45) is 5.41 Å². The number of carbonyl (C=O) groups is 1. The van der Waals surface area contributed by atoms with Crippen molar-refractivity contribution in [1.29, 1.82) is 0 Å². The van der Waals surface area contributed by atoms with Gasteiger partial charge in [0, 0.05) is 11.1 Å². The minimum atomic E-state index is -0.385. The van der Waals surface area contributed by atoms with Crippen molar-refractivity contribution in [3.63, 3.8) is 0 Å². The molecule has 1 amide bonds. The van der Waals surface area contributed by atoms with E-state index in [2.05, 4.69) is 26.1 Å². The zero-order valence-corrected chi connectivity index (χ0v) is 12.7. The molecular formula is C16H24FNO. The first-order valence-electron chi connectivity index (χ1n) is 6.59. The van der Waals surface area contributed by atoms with Crippen LogP contribution in [-0.4, -0.2) is 11.4 Å². The third-order valence-corrected chi connectivity index (χ3v) is 2.87. The SMILES string of the molecule is Cc1ccc(F)cc1C(=O)NC(C)(C)CC(C)(C)C. The second-order valence-electron chi connectivity index (χ2n) is 7.03. The predicted octanol–water partition coefficient (Wildman–Crippen LogP) is 4.08. The van der Waals surface area contributed by atoms with Crippen molar-refractivity contribution >= 4 is 5.91 Å². The fourth-order valence-electron chi connectivity index (χ4n) is 2.58. The molecule has 3 heteroatoms. The van der Waals surface area contributed by atoms with E-state index in [-0.39, 0.29) is 22.7 Å². The summed E-state index contributed by atoms with van der Waals surface area (Å²) in [5, 5.41) is 2.99. The van der Waals surface area contributed by atoms with Gasteiger partial charge in [-0.2, -0.15) is 0 Å². The first-order valence-corrected chi connectivity index (χ1v) is 6.59. The third-order valence-electron chi connectivity index (χ3n) is 2.87. The summed E-state index contributed by atoms with van der Waals surface area (Å²) in [6.07, 6.45) is 0.847. The lowest BCUT2D eigenvalue weighted by Crippen LogP contribution is -2.46. The second-order valence-corrected chi connectivity index (χ2v) is 7.03. The Morgan fingerprint density at radius 2 is 1.79 bits per heavy atom. The van der Waals surface area contributed by atoms with Gasteiger partial charge in [0.05, 0.1) is 0 Å². The van der Waals surface area contributed by atoms with Gasteiger partial charge in [0.2, 0.25) is 0 Å². The highest BCUT2D eigenvalue weighted by molar-refractivity contribution is 5.96. The first-order chi connectivity index (χ1) is 8.50. The van der Waals surface area contributed by atoms with Crippen LogP contribution in [0, 0.1) is 18.2 Å². The molecule has 0 heterocycles. The normalized spacial score (nSPS) is 12.4. The van der Waals surface area contributed by atoms with E-state index in [0.29, 0.717) is 5.56 Å². The maximum Gasteiger partial charge on any atom is 0.252 e. The molecule has 0 unspecified atom stereocenters. The molecule has 1 aromatic rings. The zero-order chi connectivity index (χ0) is 14.8. The number of halogens is 1. The molecule has 0 bridgehead atoms. The Balaban J connectivity index is 2.87. The maximum atomic E-state index is 13.2. The smallest absolute Gasteiger partial charge is 0.252 e. The van der Waals surface area contributed by atoms with E-state index in [1.54, 1.807) is 6.07 Å². The van der Waals surface area contributed by atoms with Crippen LogP contribution < -0.4 is 5.32 Å². The molecule has 2 nitrogen and oxygen atoms in total. The van der Waals surface area contributed by atoms with Crippen LogP contribution in [0.25, 0.3) is 0 Å². The van der Waals surface area contributed by atoms with Crippen molar-refractivity contribution in [2.45, 2.75) is 53.5 Å². The molecule has 1 rings (SSSR count). The van der Waals surface area contributed by atoms with Gasteiger partial charge in [0.1, 0.15) is 5.82 Å². The molecule has 0 saturated heterocycles. The predicted molar refractivity (Wildman–Crippen MR) is 76.8 cm³/mol. The molecule has 0 aliphatic heterocycles. The molecule has 19 heavy (non-hydrogen) atoms. The maximum absolute atomic E-state index is 13.2. The highest BCUT2D eigenvalue weighted by atomic mass is 19.1. The monoisotopic (exact) mass is 265 g/mol. The van der Waals surface area contributed by atoms with Crippen LogP contribution >= 0.6 is 0 Å². The molecule has 0 radical (unpaired) electrons. The molecule has 1 N–H and O–H groups in total. The number of benzene rings is 1. The largest absolute Gasteiger partial charge is 0.347 e. The molecule has 0 spiro atoms. The zero-order valence-electron chi connectivity index (χ0n) is 12.7. The van der Waals surface area contributed by atoms with Crippen molar-refractivity contribution in [3.05, 3.63) is 35.1 Å². The Bertz CT molecular complexity index is 472. The van der Waals surface area contributed by atoms with E-state index >= 15 is 0 Å². The lowest BCUT2D eigenvalue weighted by atomic mass is 9.81. The minimum Gasteiger partial charge on any atom is -0.347 e. The third kappa shape index (κ3) is 5.01. The summed E-state index contributed by atoms with van der Waals surface area (Å²) in [4.78, 5) is 12.2. The van der Waals surface area contributed by atoms with E-state index < -0.39 is 0 Å². The average molecular weight is 265 g/mol. The second kappa shape index (κ2) is 5.32. The molecule has 0 atom stereocenters. The van der Waals surface area contributed by atoms with Crippen LogP contribution in [0.3, 0.4) is 0 Å². The molecule has 0 saturated carbocycles. The number of hydrogen-bond donors (Lipinski definition) is 1. The Morgan fingerprint density at radius 3 is 2.32 bits per heavy atom. The van der Waals surface area contributed by atoms with Crippen LogP contribution in [0.5, 0.6) is 0 Å². The van der Waals surface area contributed by atoms with Crippen molar-refractivity contribution < 1.29 is 9.18 Å². The molecule has 0 fully saturated rings. The summed E-state index contributed by atoms with van der Waals surface area (Å²) >= 11 is 0. The Kier molecular flexibility index (Phi) is 4.39. The van der Waals surface area contributed by atoms with Crippen LogP contribution in [0.1, 0.15) is 57.0 Å². The van der Waals surface area contributed by atoms with Gasteiger partial charge in [-0.1, -0.05) is 26.8 Å². The number of aryl methyl sites for hydroxylation is 1. The van der Waals surface area contributed by atoms with Gasteiger partial charge >= 0.3 is 0 Å². The van der Waals surface area contributed by atoms with Crippen LogP contribution in [0.2, 0.25) is 0 Å². The van der Waals surface area contributed by atoms with E-state index in [1.807, 2.05) is 20.8 Å². The van der Waals surface area contributed by atoms with E-state index in [0.717, 1.165) is 12.0 Å². The van der Waals surface area contributed by atoms with Gasteiger partial charge in [-0.05, 0) is 50.3 Å². The van der Waals surface area contributed by atoms with E-state index in [9.17, 15) is 9.18 Å². The Hall–Kier alpha value is -1.38. The van der Waals surface area contributed by atoms with Crippen LogP contribution in [-0.2, 0) is 0 Å². The summed E-state index contributed by atoms with van der Waals surface area (Å²) in [5.41, 5.74) is 0.981. The highest BCUT2D eigenvalue weighted by Crippen LogP contribution is 2.27. The molecule has 106 valence electrons. The molecule has 0 aromatic heterocycles. The molecular weight excluding hydrogens is 241 g/mol. The standard InChI is InChI=1S/C16H24FNO/c1-11-7-8-12(17)9-13(11)14(19)18-16(5,6)10-15(2,3)4/h7-9H,10H2,1-6H3,(H,18,19). The summed E-state index contributed by atoms with van der Waals surface area (Å²) in [5.74, 6) is -0.601. The number of hydrogen-bond acceptors (Lipinski definition) is 1. The van der Waals surface area contributed by atoms with Crippen molar-refractivity contribution in [2.75, 3.05) is 0 Å². The van der Waals surface area contributed by atoms with Gasteiger partial charge < -0.3 is 5.32 Å². The topological polar surface area (TPSA) is 29.1 Å². The number of nitrogens with one attached hydrogen (secondary N) is 1. The Labute approximate surface area is 115 Å². The van der Waals surface area contributed by atoms with Crippen molar-refractivity contribution in [3.8, 4) is 0 Å². The summed E-state index contributed by atoms with van der Waals surface area (Å²) in [6.45, 7) is 12.2. The van der Waals surface area contributed by atoms with Gasteiger partial charge in [-0.3, -0.25) is 4.79 Å².